The van der Waals surface area contributed by atoms with Crippen LogP contribution in [-0.2, 0) is 4.79 Å². The van der Waals surface area contributed by atoms with Gasteiger partial charge >= 0.3 is 0 Å². The van der Waals surface area contributed by atoms with E-state index in [0.29, 0.717) is 6.42 Å². The van der Waals surface area contributed by atoms with Crippen molar-refractivity contribution in [3.8, 4) is 12.3 Å². The Balaban J connectivity index is 2.50. The monoisotopic (exact) mass is 224 g/mol. The van der Waals surface area contributed by atoms with Gasteiger partial charge < -0.3 is 15.7 Å². The van der Waals surface area contributed by atoms with E-state index in [2.05, 4.69) is 5.92 Å². The van der Waals surface area contributed by atoms with Gasteiger partial charge in [0.05, 0.1) is 6.04 Å². The van der Waals surface area contributed by atoms with Crippen LogP contribution in [0.15, 0.2) is 0 Å². The normalized spacial score (nSPS) is 21.8. The molecule has 0 spiro atoms. The molecule has 1 aliphatic rings. The number of hydrogen-bond donors (Lipinski definition) is 2. The van der Waals surface area contributed by atoms with Crippen molar-refractivity contribution in [3.05, 3.63) is 0 Å². The molecule has 0 radical (unpaired) electrons. The van der Waals surface area contributed by atoms with Crippen molar-refractivity contribution in [2.75, 3.05) is 13.2 Å². The molecule has 0 aromatic heterocycles. The summed E-state index contributed by atoms with van der Waals surface area (Å²) in [4.78, 5) is 13.8. The predicted molar refractivity (Wildman–Crippen MR) is 62.5 cm³/mol. The van der Waals surface area contributed by atoms with Crippen LogP contribution in [0.1, 0.15) is 32.1 Å². The Kier molecular flexibility index (Phi) is 5.30. The van der Waals surface area contributed by atoms with E-state index >= 15 is 0 Å². The molecule has 0 aromatic rings. The minimum Gasteiger partial charge on any atom is -0.396 e. The van der Waals surface area contributed by atoms with Gasteiger partial charge in [0.15, 0.2) is 0 Å². The maximum atomic E-state index is 12.0. The predicted octanol–water partition coefficient (Wildman–Crippen LogP) is 0.100. The van der Waals surface area contributed by atoms with Crippen LogP contribution in [-0.4, -0.2) is 41.1 Å². The molecule has 1 saturated heterocycles. The van der Waals surface area contributed by atoms with E-state index in [1.807, 2.05) is 4.90 Å². The molecule has 2 atom stereocenters. The summed E-state index contributed by atoms with van der Waals surface area (Å²) < 4.78 is 0. The van der Waals surface area contributed by atoms with Gasteiger partial charge in [-0.1, -0.05) is 0 Å². The van der Waals surface area contributed by atoms with Crippen LogP contribution in [0.25, 0.3) is 0 Å². The minimum atomic E-state index is -0.570. The van der Waals surface area contributed by atoms with Crippen LogP contribution in [0.4, 0.5) is 0 Å². The number of nitrogens with two attached hydrogens (primary N) is 1. The number of carbonyl (C=O) groups is 1. The summed E-state index contributed by atoms with van der Waals surface area (Å²) in [5.74, 6) is 2.37. The van der Waals surface area contributed by atoms with Gasteiger partial charge in [-0.05, 0) is 25.7 Å². The first-order valence-corrected chi connectivity index (χ1v) is 5.81. The van der Waals surface area contributed by atoms with Gasteiger partial charge in [-0.15, -0.1) is 12.3 Å². The fourth-order valence-corrected chi connectivity index (χ4v) is 2.18. The fourth-order valence-electron chi connectivity index (χ4n) is 2.18. The largest absolute Gasteiger partial charge is 0.396 e. The molecule has 16 heavy (non-hydrogen) atoms. The summed E-state index contributed by atoms with van der Waals surface area (Å²) >= 11 is 0. The van der Waals surface area contributed by atoms with E-state index in [1.165, 1.54) is 0 Å². The van der Waals surface area contributed by atoms with Crippen LogP contribution in [0.2, 0.25) is 0 Å². The summed E-state index contributed by atoms with van der Waals surface area (Å²) in [6, 6.07) is -0.330. The van der Waals surface area contributed by atoms with E-state index in [0.717, 1.165) is 32.2 Å². The van der Waals surface area contributed by atoms with E-state index in [9.17, 15) is 4.79 Å². The molecular weight excluding hydrogens is 204 g/mol. The standard InChI is InChI=1S/C12H20N2O2/c1-2-5-11(13)12(16)14-8-3-6-10(14)7-4-9-15/h1,10-11,15H,3-9,13H2. The van der Waals surface area contributed by atoms with Gasteiger partial charge in [0.2, 0.25) is 5.91 Å². The summed E-state index contributed by atoms with van der Waals surface area (Å²) in [5.41, 5.74) is 5.72. The van der Waals surface area contributed by atoms with Crippen LogP contribution in [0.3, 0.4) is 0 Å². The molecular formula is C12H20N2O2. The number of carbonyl (C=O) groups excluding carboxylic acids is 1. The Bertz CT molecular complexity index is 273. The second-order valence-electron chi connectivity index (χ2n) is 4.21. The number of nitrogens with zero attached hydrogens (tertiary/aromatic N) is 1. The van der Waals surface area contributed by atoms with Crippen LogP contribution in [0, 0.1) is 12.3 Å². The van der Waals surface area contributed by atoms with Gasteiger partial charge in [-0.3, -0.25) is 4.79 Å². The fraction of sp³-hybridized carbons (Fsp3) is 0.750. The smallest absolute Gasteiger partial charge is 0.240 e. The molecule has 4 nitrogen and oxygen atoms in total. The molecule has 4 heteroatoms. The first-order chi connectivity index (χ1) is 7.70. The van der Waals surface area contributed by atoms with Gasteiger partial charge in [0.1, 0.15) is 0 Å². The molecule has 1 aliphatic heterocycles. The lowest BCUT2D eigenvalue weighted by Gasteiger charge is -2.26. The highest BCUT2D eigenvalue weighted by Gasteiger charge is 2.30. The Morgan fingerprint density at radius 2 is 2.44 bits per heavy atom. The van der Waals surface area contributed by atoms with Crippen molar-refractivity contribution in [1.29, 1.82) is 0 Å². The number of terminal acetylenes is 1. The van der Waals surface area contributed by atoms with Crippen molar-refractivity contribution in [3.63, 3.8) is 0 Å². The van der Waals surface area contributed by atoms with E-state index in [-0.39, 0.29) is 18.6 Å². The maximum Gasteiger partial charge on any atom is 0.240 e. The average Bonchev–Trinajstić information content (AvgIpc) is 2.73. The van der Waals surface area contributed by atoms with Gasteiger partial charge in [0, 0.05) is 25.6 Å². The summed E-state index contributed by atoms with van der Waals surface area (Å²) in [5, 5.41) is 8.79. The van der Waals surface area contributed by atoms with Gasteiger partial charge in [-0.2, -0.15) is 0 Å². The van der Waals surface area contributed by atoms with Crippen LogP contribution in [0.5, 0.6) is 0 Å². The van der Waals surface area contributed by atoms with Crippen molar-refractivity contribution in [2.45, 2.75) is 44.2 Å². The second kappa shape index (κ2) is 6.51. The molecule has 90 valence electrons. The second-order valence-corrected chi connectivity index (χ2v) is 4.21. The molecule has 1 heterocycles. The summed E-state index contributed by atoms with van der Waals surface area (Å²) in [6.45, 7) is 0.947. The molecule has 1 rings (SSSR count). The molecule has 0 bridgehead atoms. The molecule has 1 amide bonds. The SMILES string of the molecule is C#CCC(N)C(=O)N1CCCC1CCCO. The molecule has 2 unspecified atom stereocenters. The third-order valence-corrected chi connectivity index (χ3v) is 3.01. The Hall–Kier alpha value is -1.05. The summed E-state index contributed by atoms with van der Waals surface area (Å²) in [6.07, 6.45) is 9.05. The average molecular weight is 224 g/mol. The molecule has 0 aromatic carbocycles. The first kappa shape index (κ1) is 13.0. The zero-order chi connectivity index (χ0) is 12.0. The van der Waals surface area contributed by atoms with Crippen molar-refractivity contribution >= 4 is 5.91 Å². The van der Waals surface area contributed by atoms with E-state index in [1.54, 1.807) is 0 Å². The lowest BCUT2D eigenvalue weighted by atomic mass is 10.1. The number of likely N-dealkylation sites (tertiary alicyclic amines) is 1. The third-order valence-electron chi connectivity index (χ3n) is 3.01. The molecule has 3 N–H and O–H groups in total. The van der Waals surface area contributed by atoms with Crippen molar-refractivity contribution < 1.29 is 9.90 Å². The highest BCUT2D eigenvalue weighted by atomic mass is 16.3. The Labute approximate surface area is 96.8 Å². The van der Waals surface area contributed by atoms with Gasteiger partial charge in [0.25, 0.3) is 0 Å². The zero-order valence-corrected chi connectivity index (χ0v) is 9.56. The van der Waals surface area contributed by atoms with Gasteiger partial charge in [-0.25, -0.2) is 0 Å². The quantitative estimate of drug-likeness (QED) is 0.651. The minimum absolute atomic E-state index is 0.0432. The lowest BCUT2D eigenvalue weighted by molar-refractivity contribution is -0.133. The number of aliphatic hydroxyl groups excluding tert-OH is 1. The number of rotatable bonds is 5. The number of hydrogen-bond acceptors (Lipinski definition) is 3. The van der Waals surface area contributed by atoms with E-state index in [4.69, 9.17) is 17.3 Å². The van der Waals surface area contributed by atoms with Crippen LogP contribution < -0.4 is 5.73 Å². The topological polar surface area (TPSA) is 66.6 Å². The van der Waals surface area contributed by atoms with Crippen molar-refractivity contribution in [2.24, 2.45) is 5.73 Å². The lowest BCUT2D eigenvalue weighted by Crippen LogP contribution is -2.45. The number of aliphatic hydroxyl groups is 1. The first-order valence-electron chi connectivity index (χ1n) is 5.81. The highest BCUT2D eigenvalue weighted by Crippen LogP contribution is 2.22. The van der Waals surface area contributed by atoms with E-state index < -0.39 is 6.04 Å². The third kappa shape index (κ3) is 3.22. The van der Waals surface area contributed by atoms with Crippen molar-refractivity contribution in [1.82, 2.24) is 4.90 Å². The Morgan fingerprint density at radius 3 is 3.06 bits per heavy atom. The highest BCUT2D eigenvalue weighted by molar-refractivity contribution is 5.82. The Morgan fingerprint density at radius 1 is 1.69 bits per heavy atom. The summed E-state index contributed by atoms with van der Waals surface area (Å²) in [7, 11) is 0. The molecule has 0 saturated carbocycles. The molecule has 0 aliphatic carbocycles. The number of amides is 1. The zero-order valence-electron chi connectivity index (χ0n) is 9.56. The van der Waals surface area contributed by atoms with Crippen LogP contribution >= 0.6 is 0 Å². The molecule has 1 fully saturated rings. The maximum absolute atomic E-state index is 12.0.